The summed E-state index contributed by atoms with van der Waals surface area (Å²) < 4.78 is 38.2. The Labute approximate surface area is 135 Å². The SMILES string of the molecule is O=S(=O)(Nc1ccc2c(c1)OCCO2)c1cc(Cl)sc1Cl. The number of anilines is 1. The van der Waals surface area contributed by atoms with Crippen LogP contribution in [0.25, 0.3) is 0 Å². The molecule has 0 unspecified atom stereocenters. The molecule has 1 N–H and O–H groups in total. The first-order chi connectivity index (χ1) is 9.95. The molecule has 1 aliphatic rings. The predicted octanol–water partition coefficient (Wildman–Crippen LogP) is 3.63. The van der Waals surface area contributed by atoms with E-state index < -0.39 is 10.0 Å². The molecule has 0 atom stereocenters. The summed E-state index contributed by atoms with van der Waals surface area (Å²) in [6.07, 6.45) is 0. The summed E-state index contributed by atoms with van der Waals surface area (Å²) in [6.45, 7) is 0.899. The van der Waals surface area contributed by atoms with E-state index in [0.29, 0.717) is 34.7 Å². The van der Waals surface area contributed by atoms with Crippen molar-refractivity contribution in [1.29, 1.82) is 0 Å². The van der Waals surface area contributed by atoms with Crippen LogP contribution in [0.1, 0.15) is 0 Å². The quantitative estimate of drug-likeness (QED) is 0.901. The first-order valence-corrected chi connectivity index (χ1v) is 8.88. The zero-order chi connectivity index (χ0) is 15.0. The van der Waals surface area contributed by atoms with Gasteiger partial charge in [-0.25, -0.2) is 8.42 Å². The van der Waals surface area contributed by atoms with Crippen LogP contribution in [0, 0.1) is 0 Å². The molecule has 0 amide bonds. The standard InChI is InChI=1S/C12H9Cl2NO4S2/c13-11-6-10(12(14)20-11)21(16,17)15-7-1-2-8-9(5-7)19-4-3-18-8/h1-2,5-6,15H,3-4H2. The molecule has 1 aromatic carbocycles. The second-order valence-corrected chi connectivity index (χ2v) is 8.09. The first-order valence-electron chi connectivity index (χ1n) is 5.83. The summed E-state index contributed by atoms with van der Waals surface area (Å²) in [7, 11) is -3.80. The highest BCUT2D eigenvalue weighted by atomic mass is 35.5. The summed E-state index contributed by atoms with van der Waals surface area (Å²) in [5.74, 6) is 1.08. The van der Waals surface area contributed by atoms with E-state index >= 15 is 0 Å². The van der Waals surface area contributed by atoms with Gasteiger partial charge in [0.05, 0.1) is 10.0 Å². The minimum atomic E-state index is -3.80. The van der Waals surface area contributed by atoms with E-state index in [0.717, 1.165) is 11.3 Å². The van der Waals surface area contributed by atoms with Crippen molar-refractivity contribution in [1.82, 2.24) is 0 Å². The second-order valence-electron chi connectivity index (χ2n) is 4.15. The second kappa shape index (κ2) is 5.57. The van der Waals surface area contributed by atoms with Crippen LogP contribution in [0.15, 0.2) is 29.2 Å². The minimum Gasteiger partial charge on any atom is -0.486 e. The molecule has 0 saturated heterocycles. The van der Waals surface area contributed by atoms with Gasteiger partial charge in [-0.2, -0.15) is 0 Å². The largest absolute Gasteiger partial charge is 0.486 e. The molecule has 0 saturated carbocycles. The van der Waals surface area contributed by atoms with Crippen LogP contribution in [-0.2, 0) is 10.0 Å². The number of hydrogen-bond donors (Lipinski definition) is 1. The molecule has 2 heterocycles. The van der Waals surface area contributed by atoms with Gasteiger partial charge in [0.2, 0.25) is 0 Å². The van der Waals surface area contributed by atoms with Gasteiger partial charge in [0, 0.05) is 6.07 Å². The number of ether oxygens (including phenoxy) is 2. The third kappa shape index (κ3) is 3.06. The van der Waals surface area contributed by atoms with Gasteiger partial charge < -0.3 is 9.47 Å². The normalized spacial score (nSPS) is 14.0. The Balaban J connectivity index is 1.90. The maximum Gasteiger partial charge on any atom is 0.264 e. The molecule has 0 radical (unpaired) electrons. The fourth-order valence-corrected chi connectivity index (χ4v) is 5.03. The van der Waals surface area contributed by atoms with Crippen molar-refractivity contribution in [3.63, 3.8) is 0 Å². The number of thiophene rings is 1. The Bertz CT molecular complexity index is 789. The van der Waals surface area contributed by atoms with Crippen LogP contribution < -0.4 is 14.2 Å². The minimum absolute atomic E-state index is 0.0472. The Morgan fingerprint density at radius 2 is 1.81 bits per heavy atom. The number of hydrogen-bond acceptors (Lipinski definition) is 5. The van der Waals surface area contributed by atoms with Crippen molar-refractivity contribution < 1.29 is 17.9 Å². The lowest BCUT2D eigenvalue weighted by molar-refractivity contribution is 0.171. The fourth-order valence-electron chi connectivity index (χ4n) is 1.83. The number of sulfonamides is 1. The Morgan fingerprint density at radius 1 is 1.10 bits per heavy atom. The highest BCUT2D eigenvalue weighted by Gasteiger charge is 2.22. The Hall–Kier alpha value is -1.15. The van der Waals surface area contributed by atoms with Crippen molar-refractivity contribution in [3.05, 3.63) is 32.9 Å². The van der Waals surface area contributed by atoms with Crippen LogP contribution in [0.3, 0.4) is 0 Å². The van der Waals surface area contributed by atoms with Crippen LogP contribution in [0.5, 0.6) is 11.5 Å². The number of benzene rings is 1. The summed E-state index contributed by atoms with van der Waals surface area (Å²) in [5.41, 5.74) is 0.359. The summed E-state index contributed by atoms with van der Waals surface area (Å²) in [4.78, 5) is -0.0472. The van der Waals surface area contributed by atoms with Crippen molar-refractivity contribution in [2.75, 3.05) is 17.9 Å². The van der Waals surface area contributed by atoms with Gasteiger partial charge in [-0.15, -0.1) is 11.3 Å². The zero-order valence-corrected chi connectivity index (χ0v) is 13.6. The third-order valence-corrected chi connectivity index (χ3v) is 5.84. The van der Waals surface area contributed by atoms with E-state index in [1.807, 2.05) is 0 Å². The molecule has 1 aromatic heterocycles. The molecule has 3 rings (SSSR count). The number of fused-ring (bicyclic) bond motifs is 1. The molecule has 0 spiro atoms. The monoisotopic (exact) mass is 365 g/mol. The van der Waals surface area contributed by atoms with Gasteiger partial charge >= 0.3 is 0 Å². The lowest BCUT2D eigenvalue weighted by Gasteiger charge is -2.19. The van der Waals surface area contributed by atoms with Crippen molar-refractivity contribution in [2.45, 2.75) is 4.90 Å². The fraction of sp³-hybridized carbons (Fsp3) is 0.167. The molecular formula is C12H9Cl2NO4S2. The lowest BCUT2D eigenvalue weighted by atomic mass is 10.3. The van der Waals surface area contributed by atoms with E-state index in [2.05, 4.69) is 4.72 Å². The van der Waals surface area contributed by atoms with E-state index in [4.69, 9.17) is 32.7 Å². The van der Waals surface area contributed by atoms with Crippen molar-refractivity contribution in [2.24, 2.45) is 0 Å². The molecule has 0 bridgehead atoms. The highest BCUT2D eigenvalue weighted by Crippen LogP contribution is 2.37. The van der Waals surface area contributed by atoms with Gasteiger partial charge in [0.25, 0.3) is 10.0 Å². The third-order valence-electron chi connectivity index (χ3n) is 2.71. The van der Waals surface area contributed by atoms with Gasteiger partial charge in [0.1, 0.15) is 22.4 Å². The summed E-state index contributed by atoms with van der Waals surface area (Å²) in [6, 6.07) is 6.12. The average molecular weight is 366 g/mol. The van der Waals surface area contributed by atoms with Crippen LogP contribution in [0.4, 0.5) is 5.69 Å². The number of halogens is 2. The molecule has 112 valence electrons. The Morgan fingerprint density at radius 3 is 2.48 bits per heavy atom. The van der Waals surface area contributed by atoms with E-state index in [-0.39, 0.29) is 9.23 Å². The maximum absolute atomic E-state index is 12.3. The molecular weight excluding hydrogens is 357 g/mol. The van der Waals surface area contributed by atoms with Crippen LogP contribution in [0.2, 0.25) is 8.67 Å². The summed E-state index contributed by atoms with van der Waals surface area (Å²) in [5, 5.41) is 0. The molecule has 2 aromatic rings. The van der Waals surface area contributed by atoms with Gasteiger partial charge in [-0.1, -0.05) is 23.2 Å². The average Bonchev–Trinajstić information content (AvgIpc) is 2.78. The molecule has 0 aliphatic carbocycles. The van der Waals surface area contributed by atoms with Crippen LogP contribution >= 0.6 is 34.5 Å². The van der Waals surface area contributed by atoms with E-state index in [1.165, 1.54) is 6.07 Å². The van der Waals surface area contributed by atoms with E-state index in [9.17, 15) is 8.42 Å². The molecule has 5 nitrogen and oxygen atoms in total. The van der Waals surface area contributed by atoms with Gasteiger partial charge in [-0.3, -0.25) is 4.72 Å². The predicted molar refractivity (Wildman–Crippen MR) is 82.6 cm³/mol. The maximum atomic E-state index is 12.3. The zero-order valence-electron chi connectivity index (χ0n) is 10.4. The molecule has 1 aliphatic heterocycles. The lowest BCUT2D eigenvalue weighted by Crippen LogP contribution is -2.16. The van der Waals surface area contributed by atoms with Crippen molar-refractivity contribution in [3.8, 4) is 11.5 Å². The highest BCUT2D eigenvalue weighted by molar-refractivity contribution is 7.93. The van der Waals surface area contributed by atoms with E-state index in [1.54, 1.807) is 18.2 Å². The smallest absolute Gasteiger partial charge is 0.264 e. The first kappa shape index (κ1) is 14.8. The topological polar surface area (TPSA) is 64.6 Å². The Kier molecular flexibility index (Phi) is 3.92. The number of rotatable bonds is 3. The molecule has 0 fully saturated rings. The van der Waals surface area contributed by atoms with Crippen molar-refractivity contribution >= 4 is 50.2 Å². The van der Waals surface area contributed by atoms with Gasteiger partial charge in [0.15, 0.2) is 11.5 Å². The van der Waals surface area contributed by atoms with Crippen LogP contribution in [-0.4, -0.2) is 21.6 Å². The molecule has 9 heteroatoms. The number of nitrogens with one attached hydrogen (secondary N) is 1. The summed E-state index contributed by atoms with van der Waals surface area (Å²) >= 11 is 12.7. The molecule has 21 heavy (non-hydrogen) atoms. The van der Waals surface area contributed by atoms with Gasteiger partial charge in [-0.05, 0) is 18.2 Å².